The lowest BCUT2D eigenvalue weighted by Crippen LogP contribution is -2.53. The van der Waals surface area contributed by atoms with Gasteiger partial charge in [-0.15, -0.1) is 0 Å². The minimum absolute atomic E-state index is 0.0944. The lowest BCUT2D eigenvalue weighted by molar-refractivity contribution is -0.153. The summed E-state index contributed by atoms with van der Waals surface area (Å²) in [6, 6.07) is 9.48. The quantitative estimate of drug-likeness (QED) is 0.802. The van der Waals surface area contributed by atoms with Gasteiger partial charge < -0.3 is 4.90 Å². The van der Waals surface area contributed by atoms with Gasteiger partial charge in [0.2, 0.25) is 11.8 Å². The third-order valence-electron chi connectivity index (χ3n) is 3.40. The predicted molar refractivity (Wildman–Crippen MR) is 82.3 cm³/mol. The Morgan fingerprint density at radius 1 is 1.23 bits per heavy atom. The van der Waals surface area contributed by atoms with Gasteiger partial charge in [-0.25, -0.2) is 0 Å². The number of allylic oxidation sites excluding steroid dienone is 1. The maximum absolute atomic E-state index is 12.5. The molecular formula is C17H20N2O3. The molecule has 0 aliphatic carbocycles. The smallest absolute Gasteiger partial charge is 0.277 e. The zero-order valence-corrected chi connectivity index (χ0v) is 13.1. The summed E-state index contributed by atoms with van der Waals surface area (Å²) in [5.74, 6) is -0.966. The number of nitrogens with zero attached hydrogens (tertiary/aromatic N) is 2. The highest BCUT2D eigenvalue weighted by Crippen LogP contribution is 2.21. The fraction of sp³-hybridized carbons (Fsp3) is 0.353. The lowest BCUT2D eigenvalue weighted by atomic mass is 10.1. The number of hydrogen-bond acceptors (Lipinski definition) is 3. The third-order valence-corrected chi connectivity index (χ3v) is 3.40. The molecule has 1 aromatic carbocycles. The van der Waals surface area contributed by atoms with E-state index in [4.69, 9.17) is 0 Å². The van der Waals surface area contributed by atoms with Gasteiger partial charge in [-0.1, -0.05) is 50.3 Å². The van der Waals surface area contributed by atoms with Gasteiger partial charge >= 0.3 is 0 Å². The van der Waals surface area contributed by atoms with Crippen molar-refractivity contribution in [2.75, 3.05) is 6.54 Å². The predicted octanol–water partition coefficient (Wildman–Crippen LogP) is 1.94. The summed E-state index contributed by atoms with van der Waals surface area (Å²) in [7, 11) is 0. The van der Waals surface area contributed by atoms with Crippen LogP contribution in [-0.2, 0) is 20.9 Å². The number of carbonyl (C=O) groups excluding carboxylic acids is 3. The van der Waals surface area contributed by atoms with Gasteiger partial charge in [-0.3, -0.25) is 19.3 Å². The van der Waals surface area contributed by atoms with Gasteiger partial charge in [0.25, 0.3) is 5.91 Å². The Morgan fingerprint density at radius 3 is 2.41 bits per heavy atom. The Bertz CT molecular complexity index is 620. The lowest BCUT2D eigenvalue weighted by Gasteiger charge is -2.34. The summed E-state index contributed by atoms with van der Waals surface area (Å²) in [6.07, 6.45) is 1.73. The maximum Gasteiger partial charge on any atom is 0.277 e. The molecule has 1 aliphatic heterocycles. The summed E-state index contributed by atoms with van der Waals surface area (Å²) in [5, 5.41) is 0. The molecule has 1 saturated heterocycles. The molecule has 3 amide bonds. The van der Waals surface area contributed by atoms with Crippen molar-refractivity contribution < 1.29 is 14.4 Å². The van der Waals surface area contributed by atoms with E-state index in [2.05, 4.69) is 0 Å². The molecule has 1 aliphatic rings. The van der Waals surface area contributed by atoms with Crippen LogP contribution in [0.1, 0.15) is 26.3 Å². The summed E-state index contributed by atoms with van der Waals surface area (Å²) in [6.45, 7) is 5.29. The number of benzene rings is 1. The summed E-state index contributed by atoms with van der Waals surface area (Å²) in [4.78, 5) is 38.9. The van der Waals surface area contributed by atoms with Crippen molar-refractivity contribution >= 4 is 17.7 Å². The van der Waals surface area contributed by atoms with Crippen molar-refractivity contribution in [1.29, 1.82) is 0 Å². The van der Waals surface area contributed by atoms with E-state index < -0.39 is 11.8 Å². The Morgan fingerprint density at radius 2 is 1.86 bits per heavy atom. The summed E-state index contributed by atoms with van der Waals surface area (Å²) < 4.78 is 0. The van der Waals surface area contributed by atoms with E-state index in [0.717, 1.165) is 10.5 Å². The van der Waals surface area contributed by atoms with E-state index >= 15 is 0 Å². The van der Waals surface area contributed by atoms with Crippen LogP contribution in [-0.4, -0.2) is 34.1 Å². The van der Waals surface area contributed by atoms with Gasteiger partial charge in [-0.2, -0.15) is 0 Å². The molecule has 1 heterocycles. The SMILES string of the molecule is CC(=O)N1CC(=O)N(Cc2ccccc2)/C(=C/C(C)C)C1=O. The van der Waals surface area contributed by atoms with Gasteiger partial charge in [0.1, 0.15) is 12.2 Å². The molecule has 0 unspecified atom stereocenters. The molecule has 0 aromatic heterocycles. The van der Waals surface area contributed by atoms with Crippen molar-refractivity contribution in [3.63, 3.8) is 0 Å². The van der Waals surface area contributed by atoms with Gasteiger partial charge in [-0.05, 0) is 11.5 Å². The first-order valence-electron chi connectivity index (χ1n) is 7.28. The van der Waals surface area contributed by atoms with Gasteiger partial charge in [0.05, 0.1) is 6.54 Å². The zero-order valence-electron chi connectivity index (χ0n) is 13.1. The first kappa shape index (κ1) is 15.9. The fourth-order valence-electron chi connectivity index (χ4n) is 2.35. The first-order valence-corrected chi connectivity index (χ1v) is 7.28. The maximum atomic E-state index is 12.5. The molecule has 5 heteroatoms. The molecule has 116 valence electrons. The molecule has 0 spiro atoms. The Kier molecular flexibility index (Phi) is 4.75. The van der Waals surface area contributed by atoms with Crippen LogP contribution in [0.4, 0.5) is 0 Å². The van der Waals surface area contributed by atoms with E-state index in [-0.39, 0.29) is 24.1 Å². The molecule has 0 bridgehead atoms. The number of piperazine rings is 1. The zero-order chi connectivity index (χ0) is 16.3. The van der Waals surface area contributed by atoms with Crippen LogP contribution in [0.5, 0.6) is 0 Å². The second-order valence-corrected chi connectivity index (χ2v) is 5.67. The van der Waals surface area contributed by atoms with Crippen LogP contribution in [0.25, 0.3) is 0 Å². The Hall–Kier alpha value is -2.43. The molecule has 1 aromatic rings. The minimum atomic E-state index is -0.410. The molecule has 0 saturated carbocycles. The highest BCUT2D eigenvalue weighted by Gasteiger charge is 2.36. The number of hydrogen-bond donors (Lipinski definition) is 0. The second kappa shape index (κ2) is 6.56. The van der Waals surface area contributed by atoms with Gasteiger partial charge in [0.15, 0.2) is 0 Å². The Balaban J connectivity index is 2.36. The summed E-state index contributed by atoms with van der Waals surface area (Å²) in [5.41, 5.74) is 1.22. The second-order valence-electron chi connectivity index (χ2n) is 5.67. The average molecular weight is 300 g/mol. The number of imide groups is 1. The largest absolute Gasteiger partial charge is 0.302 e. The molecular weight excluding hydrogens is 280 g/mol. The normalized spacial score (nSPS) is 17.5. The van der Waals surface area contributed by atoms with Crippen LogP contribution >= 0.6 is 0 Å². The molecule has 22 heavy (non-hydrogen) atoms. The number of rotatable bonds is 3. The molecule has 2 rings (SSSR count). The molecule has 5 nitrogen and oxygen atoms in total. The molecule has 1 fully saturated rings. The molecule has 0 atom stereocenters. The highest BCUT2D eigenvalue weighted by atomic mass is 16.2. The van der Waals surface area contributed by atoms with Crippen LogP contribution in [0, 0.1) is 5.92 Å². The average Bonchev–Trinajstić information content (AvgIpc) is 2.46. The fourth-order valence-corrected chi connectivity index (χ4v) is 2.35. The van der Waals surface area contributed by atoms with Crippen LogP contribution < -0.4 is 0 Å². The van der Waals surface area contributed by atoms with E-state index in [0.29, 0.717) is 6.54 Å². The third kappa shape index (κ3) is 3.42. The van der Waals surface area contributed by atoms with Crippen LogP contribution in [0.2, 0.25) is 0 Å². The van der Waals surface area contributed by atoms with E-state index in [1.54, 1.807) is 6.08 Å². The van der Waals surface area contributed by atoms with Crippen molar-refractivity contribution in [2.45, 2.75) is 27.3 Å². The van der Waals surface area contributed by atoms with Crippen LogP contribution in [0.3, 0.4) is 0 Å². The monoisotopic (exact) mass is 300 g/mol. The highest BCUT2D eigenvalue weighted by molar-refractivity contribution is 6.10. The van der Waals surface area contributed by atoms with Crippen molar-refractivity contribution in [1.82, 2.24) is 9.80 Å². The van der Waals surface area contributed by atoms with Gasteiger partial charge in [0, 0.05) is 6.92 Å². The van der Waals surface area contributed by atoms with Crippen molar-refractivity contribution in [3.8, 4) is 0 Å². The van der Waals surface area contributed by atoms with E-state index in [1.165, 1.54) is 11.8 Å². The standard InChI is InChI=1S/C17H20N2O3/c1-12(2)9-15-17(22)18(13(3)20)11-16(21)19(15)10-14-7-5-4-6-8-14/h4-9,12H,10-11H2,1-3H3/b15-9+. The van der Waals surface area contributed by atoms with Crippen molar-refractivity contribution in [3.05, 3.63) is 47.7 Å². The Labute approximate surface area is 130 Å². The van der Waals surface area contributed by atoms with E-state index in [9.17, 15) is 14.4 Å². The molecule has 0 radical (unpaired) electrons. The van der Waals surface area contributed by atoms with E-state index in [1.807, 2.05) is 44.2 Å². The topological polar surface area (TPSA) is 57.7 Å². The van der Waals surface area contributed by atoms with Crippen molar-refractivity contribution in [2.24, 2.45) is 5.92 Å². The number of carbonyl (C=O) groups is 3. The van der Waals surface area contributed by atoms with Crippen LogP contribution in [0.15, 0.2) is 42.1 Å². The molecule has 0 N–H and O–H groups in total. The summed E-state index contributed by atoms with van der Waals surface area (Å²) >= 11 is 0. The minimum Gasteiger partial charge on any atom is -0.302 e. The number of amides is 3. The first-order chi connectivity index (χ1) is 10.4.